The van der Waals surface area contributed by atoms with Gasteiger partial charge in [-0.2, -0.15) is 5.26 Å². The first-order valence-electron chi connectivity index (χ1n) is 7.46. The monoisotopic (exact) mass is 263 g/mol. The Balaban J connectivity index is 2.07. The number of likely N-dealkylation sites (N-methyl/N-ethyl adjacent to an activating group) is 1. The lowest BCUT2D eigenvalue weighted by atomic mass is 9.74. The normalized spacial score (nSPS) is 27.1. The maximum Gasteiger partial charge on any atom is 0.243 e. The fourth-order valence-electron chi connectivity index (χ4n) is 3.39. The Bertz CT molecular complexity index is 366. The number of rotatable bonds is 2. The van der Waals surface area contributed by atoms with Gasteiger partial charge in [-0.05, 0) is 39.8 Å². The van der Waals surface area contributed by atoms with Gasteiger partial charge in [0.25, 0.3) is 0 Å². The van der Waals surface area contributed by atoms with Crippen LogP contribution in [0.1, 0.15) is 44.9 Å². The molecule has 1 aliphatic heterocycles. The van der Waals surface area contributed by atoms with Crippen LogP contribution in [0.3, 0.4) is 0 Å². The third-order valence-electron chi connectivity index (χ3n) is 4.74. The van der Waals surface area contributed by atoms with Crippen LogP contribution in [0.2, 0.25) is 0 Å². The summed E-state index contributed by atoms with van der Waals surface area (Å²) >= 11 is 0. The first-order chi connectivity index (χ1) is 9.09. The highest BCUT2D eigenvalue weighted by Crippen LogP contribution is 2.38. The van der Waals surface area contributed by atoms with Crippen LogP contribution in [0.15, 0.2) is 0 Å². The first-order valence-corrected chi connectivity index (χ1v) is 7.46. The van der Waals surface area contributed by atoms with Crippen molar-refractivity contribution in [3.05, 3.63) is 0 Å². The lowest BCUT2D eigenvalue weighted by Gasteiger charge is -2.40. The standard InChI is InChI=1S/C15H25N3O/c1-17(2)13-7-6-10-18(11-13)14(19)15(12-16)8-4-3-5-9-15/h13H,3-11H2,1-2H3. The van der Waals surface area contributed by atoms with Crippen LogP contribution < -0.4 is 0 Å². The maximum absolute atomic E-state index is 12.8. The van der Waals surface area contributed by atoms with Crippen molar-refractivity contribution >= 4 is 5.91 Å². The van der Waals surface area contributed by atoms with Gasteiger partial charge >= 0.3 is 0 Å². The summed E-state index contributed by atoms with van der Waals surface area (Å²) in [6, 6.07) is 2.80. The summed E-state index contributed by atoms with van der Waals surface area (Å²) in [5, 5.41) is 9.51. The molecule has 1 heterocycles. The largest absolute Gasteiger partial charge is 0.340 e. The molecule has 0 bridgehead atoms. The molecule has 0 aromatic rings. The van der Waals surface area contributed by atoms with Crippen molar-refractivity contribution in [3.8, 4) is 6.07 Å². The maximum atomic E-state index is 12.8. The number of hydrogen-bond acceptors (Lipinski definition) is 3. The van der Waals surface area contributed by atoms with E-state index in [1.54, 1.807) is 0 Å². The van der Waals surface area contributed by atoms with Crippen LogP contribution in [-0.4, -0.2) is 48.9 Å². The molecule has 19 heavy (non-hydrogen) atoms. The summed E-state index contributed by atoms with van der Waals surface area (Å²) in [6.07, 6.45) is 6.91. The van der Waals surface area contributed by atoms with E-state index >= 15 is 0 Å². The zero-order valence-electron chi connectivity index (χ0n) is 12.2. The summed E-state index contributed by atoms with van der Waals surface area (Å²) in [6.45, 7) is 1.61. The second-order valence-electron chi connectivity index (χ2n) is 6.27. The van der Waals surface area contributed by atoms with Crippen LogP contribution in [-0.2, 0) is 4.79 Å². The topological polar surface area (TPSA) is 47.3 Å². The van der Waals surface area contributed by atoms with Crippen molar-refractivity contribution in [2.24, 2.45) is 5.41 Å². The molecule has 2 rings (SSSR count). The minimum Gasteiger partial charge on any atom is -0.340 e. The smallest absolute Gasteiger partial charge is 0.243 e. The molecule has 2 aliphatic rings. The van der Waals surface area contributed by atoms with E-state index < -0.39 is 5.41 Å². The van der Waals surface area contributed by atoms with Crippen LogP contribution in [0.5, 0.6) is 0 Å². The highest BCUT2D eigenvalue weighted by molar-refractivity contribution is 5.85. The van der Waals surface area contributed by atoms with Crippen LogP contribution in [0.4, 0.5) is 0 Å². The van der Waals surface area contributed by atoms with E-state index in [2.05, 4.69) is 25.1 Å². The second kappa shape index (κ2) is 5.92. The van der Waals surface area contributed by atoms with Gasteiger partial charge in [-0.1, -0.05) is 19.3 Å². The molecule has 0 radical (unpaired) electrons. The SMILES string of the molecule is CN(C)C1CCCN(C(=O)C2(C#N)CCCCC2)C1. The molecular weight excluding hydrogens is 238 g/mol. The first kappa shape index (κ1) is 14.3. The number of amides is 1. The second-order valence-corrected chi connectivity index (χ2v) is 6.27. The van der Waals surface area contributed by atoms with Crippen molar-refractivity contribution in [1.82, 2.24) is 9.80 Å². The lowest BCUT2D eigenvalue weighted by Crippen LogP contribution is -2.52. The Morgan fingerprint density at radius 2 is 1.95 bits per heavy atom. The van der Waals surface area contributed by atoms with Gasteiger partial charge in [0.15, 0.2) is 0 Å². The number of hydrogen-bond donors (Lipinski definition) is 0. The quantitative estimate of drug-likeness (QED) is 0.765. The van der Waals surface area contributed by atoms with E-state index in [0.29, 0.717) is 6.04 Å². The van der Waals surface area contributed by atoms with E-state index in [4.69, 9.17) is 0 Å². The van der Waals surface area contributed by atoms with Crippen LogP contribution >= 0.6 is 0 Å². The Morgan fingerprint density at radius 1 is 1.26 bits per heavy atom. The summed E-state index contributed by atoms with van der Waals surface area (Å²) in [5.41, 5.74) is -0.716. The third-order valence-corrected chi connectivity index (χ3v) is 4.74. The number of piperidine rings is 1. The van der Waals surface area contributed by atoms with Crippen molar-refractivity contribution in [1.29, 1.82) is 5.26 Å². The molecule has 1 aliphatic carbocycles. The molecule has 0 N–H and O–H groups in total. The molecule has 1 atom stereocenters. The van der Waals surface area contributed by atoms with E-state index in [0.717, 1.165) is 58.0 Å². The average molecular weight is 263 g/mol. The molecule has 1 unspecified atom stereocenters. The van der Waals surface area contributed by atoms with E-state index in [9.17, 15) is 10.1 Å². The Hall–Kier alpha value is -1.08. The van der Waals surface area contributed by atoms with Gasteiger partial charge < -0.3 is 9.80 Å². The minimum absolute atomic E-state index is 0.0984. The summed E-state index contributed by atoms with van der Waals surface area (Å²) in [4.78, 5) is 16.9. The zero-order valence-corrected chi connectivity index (χ0v) is 12.2. The third kappa shape index (κ3) is 2.92. The number of carbonyl (C=O) groups is 1. The molecule has 1 amide bonds. The average Bonchev–Trinajstić information content (AvgIpc) is 2.47. The predicted molar refractivity (Wildman–Crippen MR) is 74.4 cm³/mol. The van der Waals surface area contributed by atoms with Crippen molar-refractivity contribution in [2.45, 2.75) is 51.0 Å². The number of nitriles is 1. The van der Waals surface area contributed by atoms with Gasteiger partial charge in [0, 0.05) is 19.1 Å². The minimum atomic E-state index is -0.716. The summed E-state index contributed by atoms with van der Waals surface area (Å²) in [7, 11) is 4.14. The summed E-state index contributed by atoms with van der Waals surface area (Å²) in [5.74, 6) is 0.0984. The van der Waals surface area contributed by atoms with Gasteiger partial charge in [-0.25, -0.2) is 0 Å². The van der Waals surface area contributed by atoms with Gasteiger partial charge in [0.2, 0.25) is 5.91 Å². The van der Waals surface area contributed by atoms with E-state index in [-0.39, 0.29) is 5.91 Å². The highest BCUT2D eigenvalue weighted by atomic mass is 16.2. The van der Waals surface area contributed by atoms with Crippen LogP contribution in [0.25, 0.3) is 0 Å². The van der Waals surface area contributed by atoms with Crippen LogP contribution in [0, 0.1) is 16.7 Å². The summed E-state index contributed by atoms with van der Waals surface area (Å²) < 4.78 is 0. The van der Waals surface area contributed by atoms with Crippen molar-refractivity contribution < 1.29 is 4.79 Å². The lowest BCUT2D eigenvalue weighted by molar-refractivity contribution is -0.142. The fraction of sp³-hybridized carbons (Fsp3) is 0.867. The van der Waals surface area contributed by atoms with Crippen molar-refractivity contribution in [3.63, 3.8) is 0 Å². The van der Waals surface area contributed by atoms with E-state index in [1.165, 1.54) is 0 Å². The molecule has 0 aromatic heterocycles. The molecule has 4 heteroatoms. The van der Waals surface area contributed by atoms with Gasteiger partial charge in [0.1, 0.15) is 5.41 Å². The molecule has 106 valence electrons. The number of nitrogens with zero attached hydrogens (tertiary/aromatic N) is 3. The Labute approximate surface area is 116 Å². The fourth-order valence-corrected chi connectivity index (χ4v) is 3.39. The zero-order chi connectivity index (χ0) is 13.9. The van der Waals surface area contributed by atoms with Crippen molar-refractivity contribution in [2.75, 3.05) is 27.2 Å². The Morgan fingerprint density at radius 3 is 2.53 bits per heavy atom. The molecule has 2 fully saturated rings. The molecule has 0 aromatic carbocycles. The van der Waals surface area contributed by atoms with Gasteiger partial charge in [-0.15, -0.1) is 0 Å². The van der Waals surface area contributed by atoms with Gasteiger partial charge in [0.05, 0.1) is 6.07 Å². The Kier molecular flexibility index (Phi) is 4.46. The molecular formula is C15H25N3O. The van der Waals surface area contributed by atoms with Gasteiger partial charge in [-0.3, -0.25) is 4.79 Å². The number of carbonyl (C=O) groups excluding carboxylic acids is 1. The molecule has 4 nitrogen and oxygen atoms in total. The molecule has 0 spiro atoms. The van der Waals surface area contributed by atoms with E-state index in [1.807, 2.05) is 4.90 Å². The molecule has 1 saturated heterocycles. The highest BCUT2D eigenvalue weighted by Gasteiger charge is 2.43. The predicted octanol–water partition coefficient (Wildman–Crippen LogP) is 2.01. The number of likely N-dealkylation sites (tertiary alicyclic amines) is 1. The molecule has 1 saturated carbocycles.